The van der Waals surface area contributed by atoms with Crippen LogP contribution in [0.4, 0.5) is 16.2 Å². The summed E-state index contributed by atoms with van der Waals surface area (Å²) in [5, 5.41) is 13.2. The van der Waals surface area contributed by atoms with E-state index < -0.39 is 11.0 Å². The number of nitrogens with one attached hydrogen (secondary N) is 1. The van der Waals surface area contributed by atoms with Crippen LogP contribution >= 0.6 is 0 Å². The van der Waals surface area contributed by atoms with Crippen molar-refractivity contribution in [1.82, 2.24) is 0 Å². The molecule has 2 rings (SSSR count). The standard InChI is InChI=1S/C16H16N2O4/c1-11(2)14-5-3-4-6-15(14)17-16(19)22-13-9-7-12(8-10-13)18(20)21/h3-11H,1-2H3,(H,17,19). The van der Waals surface area contributed by atoms with E-state index in [4.69, 9.17) is 4.74 Å². The summed E-state index contributed by atoms with van der Waals surface area (Å²) in [6.45, 7) is 4.06. The molecule has 22 heavy (non-hydrogen) atoms. The van der Waals surface area contributed by atoms with Gasteiger partial charge in [-0.05, 0) is 29.7 Å². The Morgan fingerprint density at radius 2 is 1.77 bits per heavy atom. The van der Waals surface area contributed by atoms with Gasteiger partial charge in [0.1, 0.15) is 5.75 Å². The summed E-state index contributed by atoms with van der Waals surface area (Å²) in [6.07, 6.45) is -0.637. The fourth-order valence-corrected chi connectivity index (χ4v) is 1.99. The molecule has 1 amide bonds. The first-order chi connectivity index (χ1) is 10.5. The predicted octanol–water partition coefficient (Wildman–Crippen LogP) is 4.33. The lowest BCUT2D eigenvalue weighted by Crippen LogP contribution is -2.18. The third-order valence-corrected chi connectivity index (χ3v) is 3.08. The van der Waals surface area contributed by atoms with Crippen molar-refractivity contribution in [2.45, 2.75) is 19.8 Å². The van der Waals surface area contributed by atoms with Crippen LogP contribution in [0.1, 0.15) is 25.3 Å². The Balaban J connectivity index is 2.06. The zero-order chi connectivity index (χ0) is 16.1. The molecule has 0 radical (unpaired) electrons. The van der Waals surface area contributed by atoms with E-state index in [1.807, 2.05) is 32.0 Å². The van der Waals surface area contributed by atoms with E-state index in [1.54, 1.807) is 6.07 Å². The summed E-state index contributed by atoms with van der Waals surface area (Å²) in [7, 11) is 0. The number of hydrogen-bond donors (Lipinski definition) is 1. The van der Waals surface area contributed by atoms with Crippen molar-refractivity contribution in [3.05, 3.63) is 64.2 Å². The summed E-state index contributed by atoms with van der Waals surface area (Å²) in [6, 6.07) is 12.8. The van der Waals surface area contributed by atoms with Gasteiger partial charge in [-0.1, -0.05) is 32.0 Å². The molecule has 0 aliphatic carbocycles. The number of para-hydroxylation sites is 1. The van der Waals surface area contributed by atoms with Crippen LogP contribution < -0.4 is 10.1 Å². The van der Waals surface area contributed by atoms with Gasteiger partial charge in [0.15, 0.2) is 0 Å². The Kier molecular flexibility index (Phi) is 4.73. The van der Waals surface area contributed by atoms with Crippen molar-refractivity contribution in [1.29, 1.82) is 0 Å². The average Bonchev–Trinajstić information content (AvgIpc) is 2.48. The van der Waals surface area contributed by atoms with Gasteiger partial charge in [-0.2, -0.15) is 0 Å². The minimum Gasteiger partial charge on any atom is -0.410 e. The number of nitrogens with zero attached hydrogens (tertiary/aromatic N) is 1. The van der Waals surface area contributed by atoms with Gasteiger partial charge in [-0.25, -0.2) is 4.79 Å². The second-order valence-electron chi connectivity index (χ2n) is 5.01. The number of non-ortho nitro benzene ring substituents is 1. The summed E-state index contributed by atoms with van der Waals surface area (Å²) < 4.78 is 5.12. The monoisotopic (exact) mass is 300 g/mol. The first-order valence-corrected chi connectivity index (χ1v) is 6.79. The number of anilines is 1. The van der Waals surface area contributed by atoms with E-state index in [2.05, 4.69) is 5.32 Å². The highest BCUT2D eigenvalue weighted by Gasteiger charge is 2.11. The van der Waals surface area contributed by atoms with Gasteiger partial charge in [-0.3, -0.25) is 15.4 Å². The molecule has 0 aliphatic heterocycles. The number of carbonyl (C=O) groups excluding carboxylic acids is 1. The first kappa shape index (κ1) is 15.5. The van der Waals surface area contributed by atoms with Gasteiger partial charge in [-0.15, -0.1) is 0 Å². The molecule has 0 aliphatic rings. The van der Waals surface area contributed by atoms with Crippen molar-refractivity contribution >= 4 is 17.5 Å². The molecule has 0 fully saturated rings. The molecule has 2 aromatic carbocycles. The largest absolute Gasteiger partial charge is 0.417 e. The molecule has 0 atom stereocenters. The minimum absolute atomic E-state index is 0.0575. The lowest BCUT2D eigenvalue weighted by molar-refractivity contribution is -0.384. The number of nitro benzene ring substituents is 1. The highest BCUT2D eigenvalue weighted by Crippen LogP contribution is 2.24. The van der Waals surface area contributed by atoms with Crippen molar-refractivity contribution in [2.24, 2.45) is 0 Å². The van der Waals surface area contributed by atoms with Crippen LogP contribution in [0.5, 0.6) is 5.75 Å². The summed E-state index contributed by atoms with van der Waals surface area (Å²) >= 11 is 0. The normalized spacial score (nSPS) is 10.3. The first-order valence-electron chi connectivity index (χ1n) is 6.79. The number of amides is 1. The number of rotatable bonds is 4. The van der Waals surface area contributed by atoms with Gasteiger partial charge < -0.3 is 4.74 Å². The number of benzene rings is 2. The molecule has 0 bridgehead atoms. The molecule has 0 spiro atoms. The van der Waals surface area contributed by atoms with Crippen molar-refractivity contribution in [3.63, 3.8) is 0 Å². The van der Waals surface area contributed by atoms with Crippen LogP contribution in [0.25, 0.3) is 0 Å². The predicted molar refractivity (Wildman–Crippen MR) is 83.3 cm³/mol. The van der Waals surface area contributed by atoms with Gasteiger partial charge in [0.25, 0.3) is 5.69 Å². The van der Waals surface area contributed by atoms with Crippen molar-refractivity contribution in [3.8, 4) is 5.75 Å². The minimum atomic E-state index is -0.637. The zero-order valence-corrected chi connectivity index (χ0v) is 12.3. The van der Waals surface area contributed by atoms with E-state index in [0.29, 0.717) is 5.69 Å². The molecule has 114 valence electrons. The fourth-order valence-electron chi connectivity index (χ4n) is 1.99. The molecule has 0 unspecified atom stereocenters. The van der Waals surface area contributed by atoms with Crippen LogP contribution in [0.15, 0.2) is 48.5 Å². The average molecular weight is 300 g/mol. The second-order valence-corrected chi connectivity index (χ2v) is 5.01. The van der Waals surface area contributed by atoms with Gasteiger partial charge in [0.05, 0.1) is 4.92 Å². The molecular formula is C16H16N2O4. The number of ether oxygens (including phenoxy) is 1. The van der Waals surface area contributed by atoms with E-state index in [0.717, 1.165) is 5.56 Å². The van der Waals surface area contributed by atoms with Crippen LogP contribution in [-0.4, -0.2) is 11.0 Å². The zero-order valence-electron chi connectivity index (χ0n) is 12.3. The van der Waals surface area contributed by atoms with Gasteiger partial charge in [0.2, 0.25) is 0 Å². The maximum Gasteiger partial charge on any atom is 0.417 e. The highest BCUT2D eigenvalue weighted by atomic mass is 16.6. The molecule has 1 N–H and O–H groups in total. The SMILES string of the molecule is CC(C)c1ccccc1NC(=O)Oc1ccc([N+](=O)[O-])cc1. The molecular weight excluding hydrogens is 284 g/mol. The van der Waals surface area contributed by atoms with Crippen LogP contribution in [-0.2, 0) is 0 Å². The second kappa shape index (κ2) is 6.71. The third-order valence-electron chi connectivity index (χ3n) is 3.08. The number of carbonyl (C=O) groups is 1. The summed E-state index contributed by atoms with van der Waals surface area (Å²) in [5.74, 6) is 0.501. The Bertz CT molecular complexity index is 681. The Labute approximate surface area is 127 Å². The maximum absolute atomic E-state index is 11.9. The fraction of sp³-hybridized carbons (Fsp3) is 0.188. The van der Waals surface area contributed by atoms with Crippen molar-refractivity contribution in [2.75, 3.05) is 5.32 Å². The quantitative estimate of drug-likeness (QED) is 0.673. The number of nitro groups is 1. The van der Waals surface area contributed by atoms with Crippen LogP contribution in [0.2, 0.25) is 0 Å². The third kappa shape index (κ3) is 3.82. The van der Waals surface area contributed by atoms with Gasteiger partial charge >= 0.3 is 6.09 Å². The lowest BCUT2D eigenvalue weighted by atomic mass is 10.0. The summed E-state index contributed by atoms with van der Waals surface area (Å²) in [5.41, 5.74) is 1.63. The van der Waals surface area contributed by atoms with Crippen LogP contribution in [0, 0.1) is 10.1 Å². The maximum atomic E-state index is 11.9. The smallest absolute Gasteiger partial charge is 0.410 e. The van der Waals surface area contributed by atoms with Gasteiger partial charge in [0, 0.05) is 17.8 Å². The highest BCUT2D eigenvalue weighted by molar-refractivity contribution is 5.87. The molecule has 6 heteroatoms. The topological polar surface area (TPSA) is 81.5 Å². The van der Waals surface area contributed by atoms with Crippen LogP contribution in [0.3, 0.4) is 0 Å². The molecule has 6 nitrogen and oxygen atoms in total. The molecule has 0 saturated heterocycles. The van der Waals surface area contributed by atoms with E-state index in [-0.39, 0.29) is 17.4 Å². The Morgan fingerprint density at radius 3 is 2.36 bits per heavy atom. The van der Waals surface area contributed by atoms with E-state index in [9.17, 15) is 14.9 Å². The van der Waals surface area contributed by atoms with E-state index >= 15 is 0 Å². The molecule has 0 aromatic heterocycles. The summed E-state index contributed by atoms with van der Waals surface area (Å²) in [4.78, 5) is 22.0. The van der Waals surface area contributed by atoms with Crippen molar-refractivity contribution < 1.29 is 14.5 Å². The van der Waals surface area contributed by atoms with E-state index in [1.165, 1.54) is 24.3 Å². The molecule has 0 heterocycles. The Hall–Kier alpha value is -2.89. The molecule has 0 saturated carbocycles. The molecule has 2 aromatic rings. The lowest BCUT2D eigenvalue weighted by Gasteiger charge is -2.13. The Morgan fingerprint density at radius 1 is 1.14 bits per heavy atom. The number of hydrogen-bond acceptors (Lipinski definition) is 4.